The number of ether oxygens (including phenoxy) is 1. The zero-order valence-corrected chi connectivity index (χ0v) is 19.5. The van der Waals surface area contributed by atoms with Crippen molar-refractivity contribution in [1.29, 1.82) is 0 Å². The minimum absolute atomic E-state index is 0.188. The number of nitrogens with zero attached hydrogens (tertiary/aromatic N) is 4. The highest BCUT2D eigenvalue weighted by molar-refractivity contribution is 5.57. The third-order valence-corrected chi connectivity index (χ3v) is 6.58. The zero-order valence-electron chi connectivity index (χ0n) is 19.5. The predicted molar refractivity (Wildman–Crippen MR) is 129 cm³/mol. The van der Waals surface area contributed by atoms with Crippen molar-refractivity contribution in [3.05, 3.63) is 24.0 Å². The van der Waals surface area contributed by atoms with Crippen LogP contribution in [-0.2, 0) is 0 Å². The van der Waals surface area contributed by atoms with Crippen LogP contribution in [0.25, 0.3) is 0 Å². The van der Waals surface area contributed by atoms with Gasteiger partial charge in [-0.25, -0.2) is 4.39 Å². The molecule has 9 nitrogen and oxygen atoms in total. The van der Waals surface area contributed by atoms with Gasteiger partial charge in [0.2, 0.25) is 17.8 Å². The maximum absolute atomic E-state index is 14.1. The highest BCUT2D eigenvalue weighted by Gasteiger charge is 2.24. The highest BCUT2D eigenvalue weighted by Crippen LogP contribution is 2.26. The van der Waals surface area contributed by atoms with Crippen molar-refractivity contribution in [3.63, 3.8) is 0 Å². The number of anilines is 4. The van der Waals surface area contributed by atoms with Crippen LogP contribution in [0.5, 0.6) is 5.75 Å². The summed E-state index contributed by atoms with van der Waals surface area (Å²) in [5, 5.41) is 9.82. The smallest absolute Gasteiger partial charge is 0.233 e. The standard InChI is InChI=1S/C23H35FN8O/c1-3-32-10-4-5-18(32)14-27-22-29-21(26-13-15-6-7-16(25)11-15)30-23(31-22)28-17-8-9-20(33-2)19(24)12-17/h8-9,12,15-16,18H,3-7,10-11,13-14,25H2,1-2H3,(H3,26,27,28,29,30,31). The lowest BCUT2D eigenvalue weighted by atomic mass is 10.1. The molecule has 180 valence electrons. The first kappa shape index (κ1) is 23.4. The number of likely N-dealkylation sites (tertiary alicyclic amines) is 1. The van der Waals surface area contributed by atoms with Gasteiger partial charge in [0, 0.05) is 36.9 Å². The molecule has 0 amide bonds. The van der Waals surface area contributed by atoms with Gasteiger partial charge in [0.25, 0.3) is 0 Å². The Hall–Kier alpha value is -2.72. The van der Waals surface area contributed by atoms with Crippen LogP contribution in [0.15, 0.2) is 18.2 Å². The third-order valence-electron chi connectivity index (χ3n) is 6.58. The number of hydrogen-bond acceptors (Lipinski definition) is 9. The molecule has 3 unspecified atom stereocenters. The molecular formula is C23H35FN8O. The van der Waals surface area contributed by atoms with E-state index in [-0.39, 0.29) is 11.8 Å². The van der Waals surface area contributed by atoms with Gasteiger partial charge < -0.3 is 26.4 Å². The molecule has 1 aliphatic carbocycles. The van der Waals surface area contributed by atoms with E-state index in [0.717, 1.165) is 51.9 Å². The quantitative estimate of drug-likeness (QED) is 0.426. The number of likely N-dealkylation sites (N-methyl/N-ethyl adjacent to an activating group) is 1. The number of halogens is 1. The summed E-state index contributed by atoms with van der Waals surface area (Å²) in [6.07, 6.45) is 5.54. The molecule has 2 heterocycles. The molecule has 3 atom stereocenters. The van der Waals surface area contributed by atoms with Crippen LogP contribution in [0.1, 0.15) is 39.0 Å². The number of nitrogens with two attached hydrogens (primary N) is 1. The van der Waals surface area contributed by atoms with Crippen LogP contribution in [-0.4, -0.2) is 65.2 Å². The maximum Gasteiger partial charge on any atom is 0.233 e. The third kappa shape index (κ3) is 6.20. The van der Waals surface area contributed by atoms with E-state index in [4.69, 9.17) is 10.5 Å². The van der Waals surface area contributed by atoms with Gasteiger partial charge in [-0.2, -0.15) is 15.0 Å². The number of rotatable bonds is 10. The van der Waals surface area contributed by atoms with Crippen LogP contribution in [0, 0.1) is 11.7 Å². The second kappa shape index (κ2) is 10.9. The summed E-state index contributed by atoms with van der Waals surface area (Å²) < 4.78 is 19.1. The lowest BCUT2D eigenvalue weighted by Gasteiger charge is -2.23. The first-order valence-electron chi connectivity index (χ1n) is 11.9. The van der Waals surface area contributed by atoms with E-state index in [9.17, 15) is 4.39 Å². The summed E-state index contributed by atoms with van der Waals surface area (Å²) in [5.41, 5.74) is 6.58. The fraction of sp³-hybridized carbons (Fsp3) is 0.609. The van der Waals surface area contributed by atoms with E-state index in [2.05, 4.69) is 42.7 Å². The topological polar surface area (TPSA) is 113 Å². The molecule has 10 heteroatoms. The maximum atomic E-state index is 14.1. The van der Waals surface area contributed by atoms with Crippen molar-refractivity contribution < 1.29 is 9.13 Å². The largest absolute Gasteiger partial charge is 0.494 e. The minimum atomic E-state index is -0.452. The first-order chi connectivity index (χ1) is 16.0. The van der Waals surface area contributed by atoms with Crippen LogP contribution in [0.3, 0.4) is 0 Å². The van der Waals surface area contributed by atoms with E-state index in [0.29, 0.717) is 35.5 Å². The van der Waals surface area contributed by atoms with Gasteiger partial charge in [-0.15, -0.1) is 0 Å². The molecule has 4 rings (SSSR count). The van der Waals surface area contributed by atoms with E-state index >= 15 is 0 Å². The minimum Gasteiger partial charge on any atom is -0.494 e. The van der Waals surface area contributed by atoms with Crippen molar-refractivity contribution >= 4 is 23.5 Å². The Morgan fingerprint density at radius 3 is 2.52 bits per heavy atom. The molecule has 1 aromatic carbocycles. The summed E-state index contributed by atoms with van der Waals surface area (Å²) in [5.74, 6) is 1.58. The van der Waals surface area contributed by atoms with Gasteiger partial charge >= 0.3 is 0 Å². The van der Waals surface area contributed by atoms with Gasteiger partial charge in [0.05, 0.1) is 7.11 Å². The molecule has 1 aromatic heterocycles. The SMILES string of the molecule is CCN1CCCC1CNc1nc(NCC2CCC(N)C2)nc(Nc2ccc(OC)c(F)c2)n1. The Kier molecular flexibility index (Phi) is 7.77. The second-order valence-electron chi connectivity index (χ2n) is 8.91. The average Bonchev–Trinajstić information content (AvgIpc) is 3.44. The Labute approximate surface area is 194 Å². The summed E-state index contributed by atoms with van der Waals surface area (Å²) >= 11 is 0. The molecular weight excluding hydrogens is 423 g/mol. The molecule has 0 radical (unpaired) electrons. The number of aromatic nitrogens is 3. The Morgan fingerprint density at radius 1 is 1.09 bits per heavy atom. The molecule has 33 heavy (non-hydrogen) atoms. The molecule has 0 spiro atoms. The summed E-state index contributed by atoms with van der Waals surface area (Å²) in [4.78, 5) is 16.1. The van der Waals surface area contributed by atoms with Crippen molar-refractivity contribution in [2.45, 2.75) is 51.1 Å². The molecule has 2 fully saturated rings. The summed E-state index contributed by atoms with van der Waals surface area (Å²) in [6.45, 7) is 5.89. The van der Waals surface area contributed by atoms with E-state index < -0.39 is 5.82 Å². The highest BCUT2D eigenvalue weighted by atomic mass is 19.1. The first-order valence-corrected chi connectivity index (χ1v) is 11.9. The van der Waals surface area contributed by atoms with Crippen LogP contribution >= 0.6 is 0 Å². The lowest BCUT2D eigenvalue weighted by Crippen LogP contribution is -2.35. The number of nitrogens with one attached hydrogen (secondary N) is 3. The van der Waals surface area contributed by atoms with Crippen molar-refractivity contribution in [2.24, 2.45) is 11.7 Å². The lowest BCUT2D eigenvalue weighted by molar-refractivity contribution is 0.277. The van der Waals surface area contributed by atoms with Crippen LogP contribution in [0.2, 0.25) is 0 Å². The number of methoxy groups -OCH3 is 1. The van der Waals surface area contributed by atoms with Gasteiger partial charge in [-0.05, 0) is 63.2 Å². The molecule has 5 N–H and O–H groups in total. The Morgan fingerprint density at radius 2 is 1.85 bits per heavy atom. The van der Waals surface area contributed by atoms with Crippen molar-refractivity contribution in [3.8, 4) is 5.75 Å². The van der Waals surface area contributed by atoms with Crippen LogP contribution in [0.4, 0.5) is 27.9 Å². The molecule has 1 saturated heterocycles. The molecule has 2 aliphatic rings. The van der Waals surface area contributed by atoms with Gasteiger partial charge in [-0.1, -0.05) is 6.92 Å². The van der Waals surface area contributed by atoms with Gasteiger partial charge in [-0.3, -0.25) is 4.90 Å². The monoisotopic (exact) mass is 458 g/mol. The van der Waals surface area contributed by atoms with Crippen LogP contribution < -0.4 is 26.4 Å². The molecule has 1 aliphatic heterocycles. The fourth-order valence-corrected chi connectivity index (χ4v) is 4.75. The van der Waals surface area contributed by atoms with E-state index in [1.165, 1.54) is 19.6 Å². The zero-order chi connectivity index (χ0) is 23.2. The van der Waals surface area contributed by atoms with Gasteiger partial charge in [0.1, 0.15) is 0 Å². The number of hydrogen-bond donors (Lipinski definition) is 4. The predicted octanol–water partition coefficient (Wildman–Crippen LogP) is 3.20. The van der Waals surface area contributed by atoms with E-state index in [1.54, 1.807) is 12.1 Å². The fourth-order valence-electron chi connectivity index (χ4n) is 4.75. The molecule has 2 aromatic rings. The summed E-state index contributed by atoms with van der Waals surface area (Å²) in [7, 11) is 1.44. The number of benzene rings is 1. The van der Waals surface area contributed by atoms with Crippen molar-refractivity contribution in [1.82, 2.24) is 19.9 Å². The Bertz CT molecular complexity index is 929. The average molecular weight is 459 g/mol. The molecule has 1 saturated carbocycles. The van der Waals surface area contributed by atoms with Crippen molar-refractivity contribution in [2.75, 3.05) is 49.2 Å². The summed E-state index contributed by atoms with van der Waals surface area (Å²) in [6, 6.07) is 5.40. The second-order valence-corrected chi connectivity index (χ2v) is 8.91. The Balaban J connectivity index is 1.48. The normalized spacial score (nSPS) is 23.0. The van der Waals surface area contributed by atoms with E-state index in [1.807, 2.05) is 0 Å². The van der Waals surface area contributed by atoms with Gasteiger partial charge in [0.15, 0.2) is 11.6 Å². The molecule has 0 bridgehead atoms.